The second-order valence-corrected chi connectivity index (χ2v) is 11.6. The molecule has 1 aliphatic heterocycles. The van der Waals surface area contributed by atoms with Gasteiger partial charge in [0.25, 0.3) is 8.32 Å². The van der Waals surface area contributed by atoms with Crippen molar-refractivity contribution in [2.45, 2.75) is 26.0 Å². The largest absolute Gasteiger partial charge is 0.508 e. The molecule has 1 aliphatic rings. The molecule has 2 aromatic rings. The van der Waals surface area contributed by atoms with Crippen LogP contribution in [-0.4, -0.2) is 40.4 Å². The molecule has 0 bridgehead atoms. The SMILES string of the molecule is [3H][C@@H]1C[C@H](C[P+](=O)OCC)[C@@H](CO[Si](C)(c2ccccc2)c2ccccc2)O1. The zero-order chi connectivity index (χ0) is 20.0. The van der Waals surface area contributed by atoms with Crippen LogP contribution in [0.25, 0.3) is 0 Å². The van der Waals surface area contributed by atoms with E-state index in [4.69, 9.17) is 15.1 Å². The first kappa shape index (κ1) is 19.0. The Bertz CT molecular complexity index is 722. The number of benzene rings is 2. The van der Waals surface area contributed by atoms with Gasteiger partial charge >= 0.3 is 8.03 Å². The third kappa shape index (κ3) is 5.12. The zero-order valence-electron chi connectivity index (χ0n) is 16.9. The van der Waals surface area contributed by atoms with Crippen molar-refractivity contribution in [3.8, 4) is 0 Å². The van der Waals surface area contributed by atoms with Gasteiger partial charge in [0.15, 0.2) is 6.16 Å². The van der Waals surface area contributed by atoms with Crippen molar-refractivity contribution in [1.29, 1.82) is 0 Å². The lowest BCUT2D eigenvalue weighted by molar-refractivity contribution is 0.0506. The molecule has 1 saturated heterocycles. The van der Waals surface area contributed by atoms with E-state index in [1.807, 2.05) is 43.3 Å². The maximum absolute atomic E-state index is 12.1. The van der Waals surface area contributed by atoms with Crippen molar-refractivity contribution >= 4 is 26.7 Å². The van der Waals surface area contributed by atoms with Gasteiger partial charge in [-0.25, -0.2) is 0 Å². The Morgan fingerprint density at radius 2 is 1.74 bits per heavy atom. The summed E-state index contributed by atoms with van der Waals surface area (Å²) in [6.45, 7) is 4.26. The first-order valence-corrected chi connectivity index (χ1v) is 13.2. The second kappa shape index (κ2) is 9.72. The van der Waals surface area contributed by atoms with Crippen molar-refractivity contribution in [3.63, 3.8) is 0 Å². The molecule has 4 nitrogen and oxygen atoms in total. The molecule has 0 amide bonds. The highest BCUT2D eigenvalue weighted by atomic mass is 31.1. The summed E-state index contributed by atoms with van der Waals surface area (Å²) in [5, 5.41) is 2.39. The van der Waals surface area contributed by atoms with Gasteiger partial charge in [0, 0.05) is 12.5 Å². The summed E-state index contributed by atoms with van der Waals surface area (Å²) in [6, 6.07) is 20.6. The van der Waals surface area contributed by atoms with Crippen LogP contribution in [0, 0.1) is 5.92 Å². The Morgan fingerprint density at radius 3 is 2.30 bits per heavy atom. The topological polar surface area (TPSA) is 44.8 Å². The average Bonchev–Trinajstić information content (AvgIpc) is 3.06. The molecule has 0 aliphatic carbocycles. The Labute approximate surface area is 165 Å². The van der Waals surface area contributed by atoms with E-state index in [2.05, 4.69) is 30.8 Å². The summed E-state index contributed by atoms with van der Waals surface area (Å²) >= 11 is 0. The molecule has 27 heavy (non-hydrogen) atoms. The van der Waals surface area contributed by atoms with Crippen LogP contribution in [0.15, 0.2) is 60.7 Å². The molecule has 6 heteroatoms. The molecule has 0 saturated carbocycles. The van der Waals surface area contributed by atoms with Crippen molar-refractivity contribution in [2.24, 2.45) is 5.92 Å². The quantitative estimate of drug-likeness (QED) is 0.473. The fourth-order valence-electron chi connectivity index (χ4n) is 3.42. The minimum absolute atomic E-state index is 0.0162. The van der Waals surface area contributed by atoms with E-state index in [-0.39, 0.29) is 12.0 Å². The van der Waals surface area contributed by atoms with Gasteiger partial charge in [-0.15, -0.1) is 4.52 Å². The fraction of sp³-hybridized carbons (Fsp3) is 0.429. The Morgan fingerprint density at radius 1 is 1.15 bits per heavy atom. The molecular weight excluding hydrogens is 375 g/mol. The zero-order valence-corrected chi connectivity index (χ0v) is 17.8. The molecule has 4 atom stereocenters. The van der Waals surface area contributed by atoms with E-state index in [9.17, 15) is 4.57 Å². The first-order chi connectivity index (χ1) is 13.5. The molecular formula is C21H28O4PSi+. The van der Waals surface area contributed by atoms with Gasteiger partial charge in [-0.3, -0.25) is 0 Å². The van der Waals surface area contributed by atoms with E-state index in [1.54, 1.807) is 0 Å². The highest BCUT2D eigenvalue weighted by molar-refractivity contribution is 7.39. The van der Waals surface area contributed by atoms with Crippen LogP contribution in [0.4, 0.5) is 0 Å². The predicted octanol–water partition coefficient (Wildman–Crippen LogP) is 3.58. The van der Waals surface area contributed by atoms with E-state index in [0.717, 1.165) is 0 Å². The normalized spacial score (nSPS) is 23.9. The number of hydrogen-bond donors (Lipinski definition) is 0. The Hall–Kier alpha value is -1.36. The molecule has 2 aromatic carbocycles. The van der Waals surface area contributed by atoms with E-state index in [0.29, 0.717) is 25.8 Å². The first-order valence-electron chi connectivity index (χ1n) is 10.0. The van der Waals surface area contributed by atoms with Crippen LogP contribution in [0.1, 0.15) is 14.7 Å². The van der Waals surface area contributed by atoms with E-state index < -0.39 is 22.9 Å². The average molecular weight is 406 g/mol. The van der Waals surface area contributed by atoms with Crippen LogP contribution in [0.5, 0.6) is 0 Å². The number of hydrogen-bond acceptors (Lipinski definition) is 4. The van der Waals surface area contributed by atoms with E-state index >= 15 is 0 Å². The van der Waals surface area contributed by atoms with Gasteiger partial charge in [-0.1, -0.05) is 60.7 Å². The standard InChI is InChI=1S/C21H28O4PSi/c1-3-24-26(22)17-18-14-15-23-21(18)16-25-27(2,19-10-6-4-7-11-19)20-12-8-5-9-13-20/h4-13,18,21H,3,14-17H2,1-2H3/q+1/t18-,21-/m1/s1/i15T/t15-,18-,21-. The molecule has 1 unspecified atom stereocenters. The Kier molecular flexibility index (Phi) is 6.83. The number of rotatable bonds is 9. The summed E-state index contributed by atoms with van der Waals surface area (Å²) < 4.78 is 37.7. The lowest BCUT2D eigenvalue weighted by Gasteiger charge is -2.30. The molecule has 0 aromatic heterocycles. The number of ether oxygens (including phenoxy) is 1. The van der Waals surface area contributed by atoms with E-state index in [1.165, 1.54) is 10.4 Å². The monoisotopic (exact) mass is 405 g/mol. The van der Waals surface area contributed by atoms with Gasteiger partial charge in [-0.2, -0.15) is 0 Å². The van der Waals surface area contributed by atoms with Crippen molar-refractivity contribution < 1.29 is 19.6 Å². The summed E-state index contributed by atoms with van der Waals surface area (Å²) in [6.07, 6.45) is 0.750. The summed E-state index contributed by atoms with van der Waals surface area (Å²) in [4.78, 5) is 0. The molecule has 1 heterocycles. The van der Waals surface area contributed by atoms with Gasteiger partial charge in [0.2, 0.25) is 0 Å². The summed E-state index contributed by atoms with van der Waals surface area (Å²) in [5.74, 6) is 0.0162. The molecule has 144 valence electrons. The maximum atomic E-state index is 12.1. The minimum atomic E-state index is -2.42. The van der Waals surface area contributed by atoms with Crippen molar-refractivity contribution in [3.05, 3.63) is 60.7 Å². The van der Waals surface area contributed by atoms with Gasteiger partial charge in [-0.05, 0) is 34.8 Å². The fourth-order valence-corrected chi connectivity index (χ4v) is 7.40. The highest BCUT2D eigenvalue weighted by Gasteiger charge is 2.40. The predicted molar refractivity (Wildman–Crippen MR) is 112 cm³/mol. The van der Waals surface area contributed by atoms with Gasteiger partial charge in [0.1, 0.15) is 0 Å². The maximum Gasteiger partial charge on any atom is 0.508 e. The lowest BCUT2D eigenvalue weighted by atomic mass is 10.1. The molecule has 1 fully saturated rings. The van der Waals surface area contributed by atoms with Crippen LogP contribution >= 0.6 is 8.03 Å². The van der Waals surface area contributed by atoms with Crippen molar-refractivity contribution in [2.75, 3.05) is 26.0 Å². The van der Waals surface area contributed by atoms with Crippen LogP contribution < -0.4 is 10.4 Å². The third-order valence-electron chi connectivity index (χ3n) is 5.04. The van der Waals surface area contributed by atoms with Crippen LogP contribution in [0.2, 0.25) is 6.55 Å². The van der Waals surface area contributed by atoms with Crippen LogP contribution in [0.3, 0.4) is 0 Å². The molecule has 0 radical (unpaired) electrons. The minimum Gasteiger partial charge on any atom is -0.406 e. The summed E-state index contributed by atoms with van der Waals surface area (Å²) in [5.41, 5.74) is 0. The third-order valence-corrected chi connectivity index (χ3v) is 9.97. The summed E-state index contributed by atoms with van der Waals surface area (Å²) in [7, 11) is -4.14. The van der Waals surface area contributed by atoms with Crippen molar-refractivity contribution in [1.82, 2.24) is 0 Å². The van der Waals surface area contributed by atoms with Gasteiger partial charge < -0.3 is 9.16 Å². The highest BCUT2D eigenvalue weighted by Crippen LogP contribution is 2.33. The molecule has 3 rings (SSSR count). The van der Waals surface area contributed by atoms with Crippen LogP contribution in [-0.2, 0) is 18.3 Å². The molecule has 0 N–H and O–H groups in total. The van der Waals surface area contributed by atoms with Gasteiger partial charge in [0.05, 0.1) is 20.7 Å². The Balaban J connectivity index is 1.77. The molecule has 0 spiro atoms. The lowest BCUT2D eigenvalue weighted by Crippen LogP contribution is -2.59. The second-order valence-electron chi connectivity index (χ2n) is 6.85. The smallest absolute Gasteiger partial charge is 0.406 e.